The van der Waals surface area contributed by atoms with Crippen molar-refractivity contribution in [2.75, 3.05) is 56.5 Å². The van der Waals surface area contributed by atoms with Crippen LogP contribution in [0.4, 0.5) is 17.3 Å². The van der Waals surface area contributed by atoms with Gasteiger partial charge in [-0.1, -0.05) is 41.4 Å². The number of piperazine rings is 1. The summed E-state index contributed by atoms with van der Waals surface area (Å²) in [4.78, 5) is 16.7. The zero-order valence-electron chi connectivity index (χ0n) is 20.8. The molecule has 6 nitrogen and oxygen atoms in total. The molecule has 2 aromatic carbocycles. The predicted molar refractivity (Wildman–Crippen MR) is 157 cm³/mol. The molecule has 2 aromatic heterocycles. The van der Waals surface area contributed by atoms with Crippen molar-refractivity contribution in [2.24, 2.45) is 0 Å². The predicted octanol–water partition coefficient (Wildman–Crippen LogP) is 6.62. The highest BCUT2D eigenvalue weighted by atomic mass is 35.5. The number of anilines is 3. The van der Waals surface area contributed by atoms with Crippen molar-refractivity contribution in [1.82, 2.24) is 19.8 Å². The average molecular weight is 554 g/mol. The van der Waals surface area contributed by atoms with E-state index < -0.39 is 0 Å². The molecule has 4 heterocycles. The lowest BCUT2D eigenvalue weighted by atomic mass is 10.0. The maximum atomic E-state index is 6.78. The Morgan fingerprint density at radius 3 is 2.51 bits per heavy atom. The number of halogens is 2. The van der Waals surface area contributed by atoms with Gasteiger partial charge in [-0.2, -0.15) is 0 Å². The van der Waals surface area contributed by atoms with Crippen molar-refractivity contribution < 1.29 is 0 Å². The van der Waals surface area contributed by atoms with Gasteiger partial charge < -0.3 is 15.1 Å². The molecule has 0 aliphatic carbocycles. The Hall–Kier alpha value is -2.42. The Labute approximate surface area is 231 Å². The van der Waals surface area contributed by atoms with Crippen LogP contribution in [-0.2, 0) is 0 Å². The Morgan fingerprint density at radius 1 is 0.946 bits per heavy atom. The Bertz CT molecular complexity index is 1390. The van der Waals surface area contributed by atoms with E-state index in [1.165, 1.54) is 43.7 Å². The summed E-state index contributed by atoms with van der Waals surface area (Å²) >= 11 is 15.0. The maximum Gasteiger partial charge on any atom is 0.227 e. The number of nitrogens with one attached hydrogen (secondary N) is 1. The van der Waals surface area contributed by atoms with Gasteiger partial charge in [0.1, 0.15) is 0 Å². The van der Waals surface area contributed by atoms with E-state index in [9.17, 15) is 0 Å². The van der Waals surface area contributed by atoms with Gasteiger partial charge >= 0.3 is 0 Å². The molecule has 0 unspecified atom stereocenters. The van der Waals surface area contributed by atoms with E-state index in [1.807, 2.05) is 24.3 Å². The highest BCUT2D eigenvalue weighted by Crippen LogP contribution is 2.37. The quantitative estimate of drug-likeness (QED) is 0.300. The SMILES string of the molecule is CN1CCN(C2CCN(c3ccc(Nc4ncc(Cl)c(-c5csc6ccccc56)n4)cc3Cl)CC2)CC1. The molecular formula is C28H30Cl2N6S. The third kappa shape index (κ3) is 5.29. The van der Waals surface area contributed by atoms with Gasteiger partial charge in [-0.25, -0.2) is 9.97 Å². The number of thiophene rings is 1. The van der Waals surface area contributed by atoms with Crippen molar-refractivity contribution >= 4 is 61.9 Å². The summed E-state index contributed by atoms with van der Waals surface area (Å²) in [5.41, 5.74) is 3.68. The lowest BCUT2D eigenvalue weighted by Crippen LogP contribution is -2.52. The lowest BCUT2D eigenvalue weighted by Gasteiger charge is -2.42. The Morgan fingerprint density at radius 2 is 1.73 bits per heavy atom. The molecule has 9 heteroatoms. The van der Waals surface area contributed by atoms with Crippen molar-refractivity contribution in [2.45, 2.75) is 18.9 Å². The third-order valence-corrected chi connectivity index (χ3v) is 9.09. The van der Waals surface area contributed by atoms with Crippen LogP contribution in [0.3, 0.4) is 0 Å². The first-order chi connectivity index (χ1) is 18.0. The Balaban J connectivity index is 1.14. The van der Waals surface area contributed by atoms with Gasteiger partial charge in [0.25, 0.3) is 0 Å². The summed E-state index contributed by atoms with van der Waals surface area (Å²) in [5, 5.41) is 7.82. The Kier molecular flexibility index (Phi) is 7.23. The fourth-order valence-electron chi connectivity index (χ4n) is 5.41. The standard InChI is InChI=1S/C28H30Cl2N6S/c1-34-12-14-35(15-13-34)20-8-10-36(11-9-20)25-7-6-19(16-23(25)29)32-28-31-17-24(30)27(33-28)22-18-37-26-5-3-2-4-21(22)26/h2-7,16-18,20H,8-15H2,1H3,(H,31,32,33). The smallest absolute Gasteiger partial charge is 0.227 e. The van der Waals surface area contributed by atoms with Crippen molar-refractivity contribution in [3.63, 3.8) is 0 Å². The number of piperidine rings is 1. The van der Waals surface area contributed by atoms with Gasteiger partial charge in [0.15, 0.2) is 0 Å². The largest absolute Gasteiger partial charge is 0.370 e. The normalized spacial score (nSPS) is 18.0. The van der Waals surface area contributed by atoms with E-state index in [2.05, 4.69) is 55.6 Å². The molecule has 0 saturated carbocycles. The zero-order chi connectivity index (χ0) is 25.4. The van der Waals surface area contributed by atoms with Crippen LogP contribution in [0.1, 0.15) is 12.8 Å². The molecule has 0 bridgehead atoms. The summed E-state index contributed by atoms with van der Waals surface area (Å²) in [7, 11) is 2.21. The third-order valence-electron chi connectivity index (χ3n) is 7.54. The van der Waals surface area contributed by atoms with Crippen LogP contribution in [0.2, 0.25) is 10.0 Å². The van der Waals surface area contributed by atoms with E-state index in [4.69, 9.17) is 28.2 Å². The first-order valence-electron chi connectivity index (χ1n) is 12.8. The van der Waals surface area contributed by atoms with Gasteiger partial charge in [-0.15, -0.1) is 11.3 Å². The molecule has 2 saturated heterocycles. The number of fused-ring (bicyclic) bond motifs is 1. The van der Waals surface area contributed by atoms with Crippen LogP contribution in [-0.4, -0.2) is 72.1 Å². The van der Waals surface area contributed by atoms with Gasteiger partial charge in [0.2, 0.25) is 5.95 Å². The van der Waals surface area contributed by atoms with E-state index >= 15 is 0 Å². The fraction of sp³-hybridized carbons (Fsp3) is 0.357. The first-order valence-corrected chi connectivity index (χ1v) is 14.4. The van der Waals surface area contributed by atoms with Gasteiger partial charge in [0.05, 0.1) is 27.6 Å². The number of hydrogen-bond donors (Lipinski definition) is 1. The molecular weight excluding hydrogens is 523 g/mol. The van der Waals surface area contributed by atoms with E-state index in [1.54, 1.807) is 17.5 Å². The van der Waals surface area contributed by atoms with E-state index in [0.717, 1.165) is 46.1 Å². The molecule has 192 valence electrons. The molecule has 2 aliphatic rings. The number of rotatable bonds is 5. The summed E-state index contributed by atoms with van der Waals surface area (Å²) in [6, 6.07) is 15.1. The summed E-state index contributed by atoms with van der Waals surface area (Å²) in [6.07, 6.45) is 4.01. The number of likely N-dealkylation sites (N-methyl/N-ethyl adjacent to an activating group) is 1. The van der Waals surface area contributed by atoms with Crippen LogP contribution < -0.4 is 10.2 Å². The van der Waals surface area contributed by atoms with E-state index in [0.29, 0.717) is 17.0 Å². The molecule has 2 fully saturated rings. The first kappa shape index (κ1) is 24.9. The van der Waals surface area contributed by atoms with Crippen molar-refractivity contribution in [1.29, 1.82) is 0 Å². The minimum atomic E-state index is 0.492. The molecule has 4 aromatic rings. The van der Waals surface area contributed by atoms with Gasteiger partial charge in [-0.3, -0.25) is 4.90 Å². The van der Waals surface area contributed by atoms with Crippen molar-refractivity contribution in [3.05, 3.63) is 64.1 Å². The van der Waals surface area contributed by atoms with Crippen LogP contribution in [0.15, 0.2) is 54.0 Å². The highest BCUT2D eigenvalue weighted by Gasteiger charge is 2.27. The number of nitrogens with zero attached hydrogens (tertiary/aromatic N) is 5. The summed E-state index contributed by atoms with van der Waals surface area (Å²) in [6.45, 7) is 6.76. The second-order valence-electron chi connectivity index (χ2n) is 9.88. The second-order valence-corrected chi connectivity index (χ2v) is 11.6. The van der Waals surface area contributed by atoms with Crippen LogP contribution in [0.25, 0.3) is 21.3 Å². The van der Waals surface area contributed by atoms with Gasteiger partial charge in [0, 0.05) is 72.0 Å². The van der Waals surface area contributed by atoms with Gasteiger partial charge in [-0.05, 0) is 44.2 Å². The van der Waals surface area contributed by atoms with Crippen molar-refractivity contribution in [3.8, 4) is 11.3 Å². The second kappa shape index (κ2) is 10.8. The molecule has 2 aliphatic heterocycles. The average Bonchev–Trinajstić information content (AvgIpc) is 3.35. The molecule has 0 radical (unpaired) electrons. The maximum absolute atomic E-state index is 6.78. The molecule has 1 N–H and O–H groups in total. The minimum absolute atomic E-state index is 0.492. The topological polar surface area (TPSA) is 47.5 Å². The molecule has 0 atom stereocenters. The summed E-state index contributed by atoms with van der Waals surface area (Å²) in [5.74, 6) is 0.492. The molecule has 0 amide bonds. The number of benzene rings is 2. The molecule has 37 heavy (non-hydrogen) atoms. The fourth-order valence-corrected chi connectivity index (χ4v) is 6.85. The zero-order valence-corrected chi connectivity index (χ0v) is 23.2. The van der Waals surface area contributed by atoms with Crippen LogP contribution in [0, 0.1) is 0 Å². The molecule has 6 rings (SSSR count). The number of hydrogen-bond acceptors (Lipinski definition) is 7. The summed E-state index contributed by atoms with van der Waals surface area (Å²) < 4.78 is 1.21. The lowest BCUT2D eigenvalue weighted by molar-refractivity contribution is 0.0982. The van der Waals surface area contributed by atoms with E-state index in [-0.39, 0.29) is 0 Å². The monoisotopic (exact) mass is 552 g/mol. The molecule has 0 spiro atoms. The minimum Gasteiger partial charge on any atom is -0.370 e. The van der Waals surface area contributed by atoms with Crippen LogP contribution >= 0.6 is 34.5 Å². The number of aromatic nitrogens is 2. The highest BCUT2D eigenvalue weighted by molar-refractivity contribution is 7.17. The van der Waals surface area contributed by atoms with Crippen LogP contribution in [0.5, 0.6) is 0 Å².